The summed E-state index contributed by atoms with van der Waals surface area (Å²) in [6, 6.07) is 8.06. The lowest BCUT2D eigenvalue weighted by atomic mass is 10.1. The number of nitrogens with zero attached hydrogens (tertiary/aromatic N) is 1. The number of ether oxygens (including phenoxy) is 1. The molecule has 4 heteroatoms. The standard InChI is InChI=1S/C17H25N3O/c1-2-21-16-10-7-6-9-14(16)15-13-19-17(20-15)11-5-3-4-8-12-18/h6-7,9-10,13H,2-5,8,11-12,18H2,1H3,(H,19,20). The van der Waals surface area contributed by atoms with Crippen molar-refractivity contribution in [2.45, 2.75) is 39.0 Å². The third-order valence-electron chi connectivity index (χ3n) is 3.47. The van der Waals surface area contributed by atoms with E-state index in [0.29, 0.717) is 6.61 Å². The van der Waals surface area contributed by atoms with Crippen LogP contribution < -0.4 is 10.5 Å². The Morgan fingerprint density at radius 2 is 1.95 bits per heavy atom. The molecule has 4 nitrogen and oxygen atoms in total. The molecule has 114 valence electrons. The predicted octanol–water partition coefficient (Wildman–Crippen LogP) is 3.54. The summed E-state index contributed by atoms with van der Waals surface area (Å²) in [7, 11) is 0. The van der Waals surface area contributed by atoms with Gasteiger partial charge < -0.3 is 15.5 Å². The van der Waals surface area contributed by atoms with E-state index in [0.717, 1.165) is 48.6 Å². The van der Waals surface area contributed by atoms with E-state index in [9.17, 15) is 0 Å². The number of unbranched alkanes of at least 4 members (excludes halogenated alkanes) is 3. The smallest absolute Gasteiger partial charge is 0.128 e. The molecular weight excluding hydrogens is 262 g/mol. The number of hydrogen-bond acceptors (Lipinski definition) is 3. The van der Waals surface area contributed by atoms with E-state index in [1.165, 1.54) is 12.8 Å². The molecule has 0 saturated carbocycles. The number of nitrogens with two attached hydrogens (primary N) is 1. The van der Waals surface area contributed by atoms with Gasteiger partial charge >= 0.3 is 0 Å². The van der Waals surface area contributed by atoms with Crippen LogP contribution in [-0.4, -0.2) is 23.1 Å². The first-order chi connectivity index (χ1) is 10.3. The molecular formula is C17H25N3O. The quantitative estimate of drug-likeness (QED) is 0.693. The van der Waals surface area contributed by atoms with Crippen LogP contribution in [0.2, 0.25) is 0 Å². The van der Waals surface area contributed by atoms with Gasteiger partial charge in [0.15, 0.2) is 0 Å². The summed E-state index contributed by atoms with van der Waals surface area (Å²) in [5.74, 6) is 1.95. The number of aromatic amines is 1. The lowest BCUT2D eigenvalue weighted by molar-refractivity contribution is 0.341. The first kappa shape index (κ1) is 15.6. The minimum Gasteiger partial charge on any atom is -0.493 e. The zero-order valence-electron chi connectivity index (χ0n) is 12.8. The SMILES string of the molecule is CCOc1ccccc1-c1cnc(CCCCCCN)[nH]1. The predicted molar refractivity (Wildman–Crippen MR) is 86.4 cm³/mol. The molecule has 0 spiro atoms. The molecule has 0 aliphatic carbocycles. The molecule has 0 saturated heterocycles. The molecule has 1 aromatic carbocycles. The zero-order chi connectivity index (χ0) is 14.9. The van der Waals surface area contributed by atoms with Crippen LogP contribution in [0.1, 0.15) is 38.4 Å². The molecule has 0 aliphatic heterocycles. The van der Waals surface area contributed by atoms with Crippen LogP contribution >= 0.6 is 0 Å². The molecule has 3 N–H and O–H groups in total. The number of hydrogen-bond donors (Lipinski definition) is 2. The van der Waals surface area contributed by atoms with Crippen molar-refractivity contribution < 1.29 is 4.74 Å². The number of aromatic nitrogens is 2. The Morgan fingerprint density at radius 3 is 2.76 bits per heavy atom. The molecule has 1 heterocycles. The molecule has 0 amide bonds. The normalized spacial score (nSPS) is 10.8. The third-order valence-corrected chi connectivity index (χ3v) is 3.47. The first-order valence-electron chi connectivity index (χ1n) is 7.81. The van der Waals surface area contributed by atoms with Crippen molar-refractivity contribution in [3.8, 4) is 17.0 Å². The molecule has 0 radical (unpaired) electrons. The highest BCUT2D eigenvalue weighted by Gasteiger charge is 2.08. The Labute approximate surface area is 126 Å². The van der Waals surface area contributed by atoms with Gasteiger partial charge in [0.05, 0.1) is 18.5 Å². The molecule has 2 rings (SSSR count). The molecule has 2 aromatic rings. The Bertz CT molecular complexity index is 536. The number of benzene rings is 1. The second-order valence-electron chi connectivity index (χ2n) is 5.13. The van der Waals surface area contributed by atoms with Crippen molar-refractivity contribution in [3.05, 3.63) is 36.3 Å². The van der Waals surface area contributed by atoms with Gasteiger partial charge in [-0.05, 0) is 38.4 Å². The summed E-state index contributed by atoms with van der Waals surface area (Å²) in [5.41, 5.74) is 7.59. The summed E-state index contributed by atoms with van der Waals surface area (Å²) >= 11 is 0. The van der Waals surface area contributed by atoms with Gasteiger partial charge in [-0.15, -0.1) is 0 Å². The Kier molecular flexibility index (Phi) is 6.28. The second-order valence-corrected chi connectivity index (χ2v) is 5.13. The first-order valence-corrected chi connectivity index (χ1v) is 7.81. The van der Waals surface area contributed by atoms with Crippen molar-refractivity contribution in [1.29, 1.82) is 0 Å². The van der Waals surface area contributed by atoms with Crippen LogP contribution in [0.4, 0.5) is 0 Å². The van der Waals surface area contributed by atoms with Crippen LogP contribution in [0.3, 0.4) is 0 Å². The van der Waals surface area contributed by atoms with Gasteiger partial charge in [-0.3, -0.25) is 0 Å². The van der Waals surface area contributed by atoms with Crippen molar-refractivity contribution >= 4 is 0 Å². The summed E-state index contributed by atoms with van der Waals surface area (Å²) < 4.78 is 5.67. The Balaban J connectivity index is 1.96. The van der Waals surface area contributed by atoms with Crippen LogP contribution in [0.15, 0.2) is 30.5 Å². The van der Waals surface area contributed by atoms with Crippen LogP contribution in [-0.2, 0) is 6.42 Å². The van der Waals surface area contributed by atoms with Gasteiger partial charge in [0.2, 0.25) is 0 Å². The zero-order valence-corrected chi connectivity index (χ0v) is 12.8. The lowest BCUT2D eigenvalue weighted by Gasteiger charge is -2.07. The highest BCUT2D eigenvalue weighted by molar-refractivity contribution is 5.66. The van der Waals surface area contributed by atoms with E-state index in [1.807, 2.05) is 31.3 Å². The van der Waals surface area contributed by atoms with E-state index >= 15 is 0 Å². The fraction of sp³-hybridized carbons (Fsp3) is 0.471. The fourth-order valence-corrected chi connectivity index (χ4v) is 2.39. The highest BCUT2D eigenvalue weighted by Crippen LogP contribution is 2.28. The minimum atomic E-state index is 0.666. The molecule has 0 atom stereocenters. The largest absolute Gasteiger partial charge is 0.493 e. The summed E-state index contributed by atoms with van der Waals surface area (Å²) in [6.45, 7) is 3.45. The van der Waals surface area contributed by atoms with E-state index < -0.39 is 0 Å². The maximum atomic E-state index is 5.67. The van der Waals surface area contributed by atoms with Gasteiger partial charge in [-0.1, -0.05) is 25.0 Å². The van der Waals surface area contributed by atoms with Crippen molar-refractivity contribution in [2.24, 2.45) is 5.73 Å². The van der Waals surface area contributed by atoms with E-state index in [4.69, 9.17) is 10.5 Å². The molecule has 0 fully saturated rings. The number of H-pyrrole nitrogens is 1. The molecule has 0 bridgehead atoms. The summed E-state index contributed by atoms with van der Waals surface area (Å²) in [6.07, 6.45) is 7.57. The van der Waals surface area contributed by atoms with E-state index in [-0.39, 0.29) is 0 Å². The topological polar surface area (TPSA) is 63.9 Å². The monoisotopic (exact) mass is 287 g/mol. The summed E-state index contributed by atoms with van der Waals surface area (Å²) in [4.78, 5) is 7.88. The fourth-order valence-electron chi connectivity index (χ4n) is 2.39. The van der Waals surface area contributed by atoms with Crippen molar-refractivity contribution in [3.63, 3.8) is 0 Å². The number of imidazole rings is 1. The average molecular weight is 287 g/mol. The minimum absolute atomic E-state index is 0.666. The second kappa shape index (κ2) is 8.47. The maximum absolute atomic E-state index is 5.67. The van der Waals surface area contributed by atoms with Crippen LogP contribution in [0.25, 0.3) is 11.3 Å². The number of para-hydroxylation sites is 1. The molecule has 0 unspecified atom stereocenters. The van der Waals surface area contributed by atoms with Crippen LogP contribution in [0, 0.1) is 0 Å². The van der Waals surface area contributed by atoms with Gasteiger partial charge in [0, 0.05) is 12.0 Å². The van der Waals surface area contributed by atoms with Gasteiger partial charge in [-0.2, -0.15) is 0 Å². The molecule has 0 aliphatic rings. The van der Waals surface area contributed by atoms with E-state index in [1.54, 1.807) is 0 Å². The van der Waals surface area contributed by atoms with Crippen molar-refractivity contribution in [2.75, 3.05) is 13.2 Å². The van der Waals surface area contributed by atoms with Gasteiger partial charge in [0.1, 0.15) is 11.6 Å². The highest BCUT2D eigenvalue weighted by atomic mass is 16.5. The lowest BCUT2D eigenvalue weighted by Crippen LogP contribution is -1.98. The van der Waals surface area contributed by atoms with Gasteiger partial charge in [0.25, 0.3) is 0 Å². The Hall–Kier alpha value is -1.81. The van der Waals surface area contributed by atoms with E-state index in [2.05, 4.69) is 16.0 Å². The maximum Gasteiger partial charge on any atom is 0.128 e. The molecule has 21 heavy (non-hydrogen) atoms. The van der Waals surface area contributed by atoms with Crippen LogP contribution in [0.5, 0.6) is 5.75 Å². The summed E-state index contributed by atoms with van der Waals surface area (Å²) in [5, 5.41) is 0. The van der Waals surface area contributed by atoms with Crippen molar-refractivity contribution in [1.82, 2.24) is 9.97 Å². The number of aryl methyl sites for hydroxylation is 1. The Morgan fingerprint density at radius 1 is 1.14 bits per heavy atom. The molecule has 1 aromatic heterocycles. The number of nitrogens with one attached hydrogen (secondary N) is 1. The third kappa shape index (κ3) is 4.60. The van der Waals surface area contributed by atoms with Gasteiger partial charge in [-0.25, -0.2) is 4.98 Å². The number of rotatable bonds is 9. The average Bonchev–Trinajstić information content (AvgIpc) is 2.97.